The minimum atomic E-state index is 0.770. The fraction of sp³-hybridized carbons (Fsp3) is 0.500. The standard InChI is InChI=1S/C14H17NO/c16-10-12-3-1-11(2-4-12)8-15-9-13-5-6-14(15)7-13/h1-4,10,13-14H,5-9H2. The molecule has 1 aromatic rings. The van der Waals surface area contributed by atoms with Gasteiger partial charge in [0.2, 0.25) is 0 Å². The van der Waals surface area contributed by atoms with Gasteiger partial charge in [-0.15, -0.1) is 0 Å². The molecule has 0 spiro atoms. The van der Waals surface area contributed by atoms with Crippen LogP contribution in [0.4, 0.5) is 0 Å². The fourth-order valence-electron chi connectivity index (χ4n) is 3.16. The first-order valence-electron chi connectivity index (χ1n) is 6.13. The molecule has 1 aromatic carbocycles. The Bertz CT molecular complexity index is 384. The Morgan fingerprint density at radius 3 is 2.62 bits per heavy atom. The van der Waals surface area contributed by atoms with Crippen LogP contribution in [0.5, 0.6) is 0 Å². The molecule has 2 heteroatoms. The minimum Gasteiger partial charge on any atom is -0.298 e. The molecule has 0 aromatic heterocycles. The number of fused-ring (bicyclic) bond motifs is 2. The van der Waals surface area contributed by atoms with Crippen LogP contribution in [0, 0.1) is 5.92 Å². The fourth-order valence-corrected chi connectivity index (χ4v) is 3.16. The summed E-state index contributed by atoms with van der Waals surface area (Å²) in [6.45, 7) is 2.33. The minimum absolute atomic E-state index is 0.770. The monoisotopic (exact) mass is 215 g/mol. The van der Waals surface area contributed by atoms with Crippen molar-refractivity contribution in [3.8, 4) is 0 Å². The van der Waals surface area contributed by atoms with E-state index in [1.54, 1.807) is 0 Å². The Hall–Kier alpha value is -1.15. The van der Waals surface area contributed by atoms with Gasteiger partial charge in [0.1, 0.15) is 6.29 Å². The number of hydrogen-bond acceptors (Lipinski definition) is 2. The molecule has 0 N–H and O–H groups in total. The zero-order chi connectivity index (χ0) is 11.0. The van der Waals surface area contributed by atoms with E-state index in [0.29, 0.717) is 0 Å². The van der Waals surface area contributed by atoms with E-state index in [0.717, 1.165) is 30.4 Å². The Morgan fingerprint density at radius 1 is 1.25 bits per heavy atom. The highest BCUT2D eigenvalue weighted by atomic mass is 16.1. The number of rotatable bonds is 3. The van der Waals surface area contributed by atoms with Crippen molar-refractivity contribution in [2.45, 2.75) is 31.8 Å². The smallest absolute Gasteiger partial charge is 0.150 e. The molecule has 84 valence electrons. The summed E-state index contributed by atoms with van der Waals surface area (Å²) in [6.07, 6.45) is 5.14. The number of benzene rings is 1. The van der Waals surface area contributed by atoms with Crippen molar-refractivity contribution in [1.82, 2.24) is 4.90 Å². The van der Waals surface area contributed by atoms with Crippen LogP contribution in [0.25, 0.3) is 0 Å². The maximum atomic E-state index is 10.6. The summed E-state index contributed by atoms with van der Waals surface area (Å²) in [7, 11) is 0. The topological polar surface area (TPSA) is 20.3 Å². The van der Waals surface area contributed by atoms with Gasteiger partial charge >= 0.3 is 0 Å². The molecule has 1 saturated carbocycles. The molecule has 1 aliphatic heterocycles. The number of aldehydes is 1. The molecule has 2 fully saturated rings. The SMILES string of the molecule is O=Cc1ccc(CN2CC3CCC2C3)cc1. The van der Waals surface area contributed by atoms with Crippen LogP contribution in [0.3, 0.4) is 0 Å². The van der Waals surface area contributed by atoms with E-state index in [9.17, 15) is 4.79 Å². The van der Waals surface area contributed by atoms with Gasteiger partial charge in [-0.25, -0.2) is 0 Å². The van der Waals surface area contributed by atoms with Crippen molar-refractivity contribution in [3.63, 3.8) is 0 Å². The molecule has 2 atom stereocenters. The second-order valence-electron chi connectivity index (χ2n) is 5.12. The summed E-state index contributed by atoms with van der Waals surface area (Å²) in [5.74, 6) is 0.958. The Balaban J connectivity index is 1.67. The van der Waals surface area contributed by atoms with E-state index in [1.807, 2.05) is 12.1 Å². The Labute approximate surface area is 96.3 Å². The van der Waals surface area contributed by atoms with E-state index in [4.69, 9.17) is 0 Å². The number of likely N-dealkylation sites (tertiary alicyclic amines) is 1. The molecular formula is C14H17NO. The largest absolute Gasteiger partial charge is 0.298 e. The molecule has 2 unspecified atom stereocenters. The molecular weight excluding hydrogens is 198 g/mol. The van der Waals surface area contributed by atoms with E-state index in [1.165, 1.54) is 31.4 Å². The third kappa shape index (κ3) is 1.78. The van der Waals surface area contributed by atoms with Crippen LogP contribution in [0.2, 0.25) is 0 Å². The van der Waals surface area contributed by atoms with Gasteiger partial charge in [-0.1, -0.05) is 24.3 Å². The summed E-state index contributed by atoms with van der Waals surface area (Å²) in [4.78, 5) is 13.2. The number of nitrogens with zero attached hydrogens (tertiary/aromatic N) is 1. The first-order valence-corrected chi connectivity index (χ1v) is 6.13. The first kappa shape index (κ1) is 10.0. The summed E-state index contributed by atoms with van der Waals surface area (Å²) in [5.41, 5.74) is 2.10. The van der Waals surface area contributed by atoms with Crippen molar-refractivity contribution < 1.29 is 4.79 Å². The zero-order valence-corrected chi connectivity index (χ0v) is 9.43. The highest BCUT2D eigenvalue weighted by Crippen LogP contribution is 2.37. The number of hydrogen-bond donors (Lipinski definition) is 0. The number of carbonyl (C=O) groups excluding carboxylic acids is 1. The molecule has 1 heterocycles. The van der Waals surface area contributed by atoms with Crippen molar-refractivity contribution in [2.75, 3.05) is 6.54 Å². The predicted octanol–water partition coefficient (Wildman–Crippen LogP) is 2.48. The van der Waals surface area contributed by atoms with E-state index in [2.05, 4.69) is 17.0 Å². The molecule has 3 rings (SSSR count). The molecule has 2 aliphatic rings. The summed E-state index contributed by atoms with van der Waals surface area (Å²) in [5, 5.41) is 0. The molecule has 2 bridgehead atoms. The molecule has 1 aliphatic carbocycles. The lowest BCUT2D eigenvalue weighted by molar-refractivity contribution is 0.112. The average Bonchev–Trinajstić information content (AvgIpc) is 2.92. The highest BCUT2D eigenvalue weighted by molar-refractivity contribution is 5.74. The van der Waals surface area contributed by atoms with Gasteiger partial charge in [-0.3, -0.25) is 9.69 Å². The van der Waals surface area contributed by atoms with Crippen molar-refractivity contribution in [3.05, 3.63) is 35.4 Å². The molecule has 16 heavy (non-hydrogen) atoms. The van der Waals surface area contributed by atoms with Crippen molar-refractivity contribution in [2.24, 2.45) is 5.92 Å². The lowest BCUT2D eigenvalue weighted by Gasteiger charge is -2.26. The van der Waals surface area contributed by atoms with Gasteiger partial charge in [-0.2, -0.15) is 0 Å². The summed E-state index contributed by atoms with van der Waals surface area (Å²) in [6, 6.07) is 8.81. The molecule has 1 saturated heterocycles. The quantitative estimate of drug-likeness (QED) is 0.722. The maximum absolute atomic E-state index is 10.6. The molecule has 0 radical (unpaired) electrons. The van der Waals surface area contributed by atoms with Crippen molar-refractivity contribution >= 4 is 6.29 Å². The highest BCUT2D eigenvalue weighted by Gasteiger charge is 2.37. The Kier molecular flexibility index (Phi) is 2.52. The summed E-state index contributed by atoms with van der Waals surface area (Å²) >= 11 is 0. The van der Waals surface area contributed by atoms with Crippen LogP contribution < -0.4 is 0 Å². The summed E-state index contributed by atoms with van der Waals surface area (Å²) < 4.78 is 0. The van der Waals surface area contributed by atoms with E-state index in [-0.39, 0.29) is 0 Å². The maximum Gasteiger partial charge on any atom is 0.150 e. The van der Waals surface area contributed by atoms with E-state index < -0.39 is 0 Å². The lowest BCUT2D eigenvalue weighted by Crippen LogP contribution is -2.31. The predicted molar refractivity (Wildman–Crippen MR) is 63.4 cm³/mol. The number of carbonyl (C=O) groups is 1. The van der Waals surface area contributed by atoms with Gasteiger partial charge in [0.05, 0.1) is 0 Å². The van der Waals surface area contributed by atoms with Gasteiger partial charge in [0, 0.05) is 24.7 Å². The van der Waals surface area contributed by atoms with Crippen LogP contribution in [0.1, 0.15) is 35.2 Å². The normalized spacial score (nSPS) is 28.5. The van der Waals surface area contributed by atoms with Crippen LogP contribution >= 0.6 is 0 Å². The second-order valence-corrected chi connectivity index (χ2v) is 5.12. The third-order valence-corrected chi connectivity index (χ3v) is 4.02. The first-order chi connectivity index (χ1) is 7.85. The number of piperidine rings is 1. The van der Waals surface area contributed by atoms with Crippen LogP contribution in [-0.4, -0.2) is 23.8 Å². The van der Waals surface area contributed by atoms with Crippen LogP contribution in [0.15, 0.2) is 24.3 Å². The average molecular weight is 215 g/mol. The van der Waals surface area contributed by atoms with Gasteiger partial charge in [0.15, 0.2) is 0 Å². The molecule has 2 nitrogen and oxygen atoms in total. The lowest BCUT2D eigenvalue weighted by atomic mass is 10.1. The zero-order valence-electron chi connectivity index (χ0n) is 9.43. The van der Waals surface area contributed by atoms with Crippen LogP contribution in [-0.2, 0) is 6.54 Å². The molecule has 0 amide bonds. The van der Waals surface area contributed by atoms with Gasteiger partial charge in [-0.05, 0) is 30.7 Å². The van der Waals surface area contributed by atoms with Crippen molar-refractivity contribution in [1.29, 1.82) is 0 Å². The van der Waals surface area contributed by atoms with E-state index >= 15 is 0 Å². The van der Waals surface area contributed by atoms with Gasteiger partial charge < -0.3 is 0 Å². The van der Waals surface area contributed by atoms with Gasteiger partial charge in [0.25, 0.3) is 0 Å². The third-order valence-electron chi connectivity index (χ3n) is 4.02. The second kappa shape index (κ2) is 4.02. The Morgan fingerprint density at radius 2 is 2.06 bits per heavy atom.